The minimum atomic E-state index is -0.686. The Morgan fingerprint density at radius 1 is 0.964 bits per heavy atom. The van der Waals surface area contributed by atoms with Gasteiger partial charge in [0.25, 0.3) is 0 Å². The first kappa shape index (κ1) is 20.9. The van der Waals surface area contributed by atoms with Gasteiger partial charge in [0.15, 0.2) is 0 Å². The maximum atomic E-state index is 11.7. The summed E-state index contributed by atoms with van der Waals surface area (Å²) >= 11 is 0. The van der Waals surface area contributed by atoms with Gasteiger partial charge in [0.2, 0.25) is 0 Å². The molecule has 1 N–H and O–H groups in total. The Balaban J connectivity index is 1.93. The van der Waals surface area contributed by atoms with Gasteiger partial charge >= 0.3 is 0 Å². The van der Waals surface area contributed by atoms with Crippen molar-refractivity contribution in [1.82, 2.24) is 0 Å². The van der Waals surface area contributed by atoms with E-state index in [9.17, 15) is 5.11 Å². The van der Waals surface area contributed by atoms with Crippen molar-refractivity contribution in [3.8, 4) is 0 Å². The average Bonchev–Trinajstić information content (AvgIpc) is 2.71. The highest BCUT2D eigenvalue weighted by Crippen LogP contribution is 2.47. The molecule has 1 saturated carbocycles. The molecular weight excluding hydrogens is 340 g/mol. The fourth-order valence-electron chi connectivity index (χ4n) is 4.84. The van der Waals surface area contributed by atoms with Crippen LogP contribution in [0.5, 0.6) is 0 Å². The van der Waals surface area contributed by atoms with Gasteiger partial charge in [-0.15, -0.1) is 0 Å². The van der Waals surface area contributed by atoms with E-state index in [0.29, 0.717) is 0 Å². The number of rotatable bonds is 5. The van der Waals surface area contributed by atoms with Crippen LogP contribution in [0.25, 0.3) is 5.57 Å². The van der Waals surface area contributed by atoms with Crippen molar-refractivity contribution in [2.24, 2.45) is 0 Å². The lowest BCUT2D eigenvalue weighted by atomic mass is 9.64. The summed E-state index contributed by atoms with van der Waals surface area (Å²) in [6.45, 7) is 11.1. The second-order valence-corrected chi connectivity index (χ2v) is 9.13. The van der Waals surface area contributed by atoms with Gasteiger partial charge in [0.05, 0.1) is 5.60 Å². The predicted molar refractivity (Wildman–Crippen MR) is 121 cm³/mol. The zero-order chi connectivity index (χ0) is 20.4. The van der Waals surface area contributed by atoms with Crippen molar-refractivity contribution in [3.05, 3.63) is 76.4 Å². The highest BCUT2D eigenvalue weighted by atomic mass is 16.3. The maximum absolute atomic E-state index is 11.7. The Kier molecular flexibility index (Phi) is 6.15. The second-order valence-electron chi connectivity index (χ2n) is 9.13. The third kappa shape index (κ3) is 4.10. The van der Waals surface area contributed by atoms with E-state index in [4.69, 9.17) is 0 Å². The van der Waals surface area contributed by atoms with Gasteiger partial charge in [-0.1, -0.05) is 74.4 Å². The van der Waals surface area contributed by atoms with E-state index >= 15 is 0 Å². The lowest BCUT2D eigenvalue weighted by Gasteiger charge is -2.44. The van der Waals surface area contributed by atoms with Crippen LogP contribution in [-0.2, 0) is 5.41 Å². The summed E-state index contributed by atoms with van der Waals surface area (Å²) < 4.78 is 0. The standard InChI is InChI=1S/C27H36O/c1-6-10-24(25-19-20(2)13-14-21(25)3)22(4)27(28)17-15-26(5,16-18-27)23-11-8-7-9-12-23/h7-9,11-14,19,28H,6,10,15-18H2,1-5H3/b24-22+. The van der Waals surface area contributed by atoms with Gasteiger partial charge in [-0.05, 0) is 86.1 Å². The minimum absolute atomic E-state index is 0.165. The molecule has 0 spiro atoms. The van der Waals surface area contributed by atoms with E-state index in [-0.39, 0.29) is 5.41 Å². The van der Waals surface area contributed by atoms with E-state index in [2.05, 4.69) is 83.1 Å². The molecule has 0 unspecified atom stereocenters. The van der Waals surface area contributed by atoms with E-state index in [1.54, 1.807) is 0 Å². The molecule has 2 aromatic carbocycles. The zero-order valence-electron chi connectivity index (χ0n) is 18.3. The van der Waals surface area contributed by atoms with Crippen LogP contribution < -0.4 is 0 Å². The van der Waals surface area contributed by atoms with E-state index in [1.165, 1.54) is 33.4 Å². The SMILES string of the molecule is CCC/C(=C(/C)C1(O)CCC(C)(c2ccccc2)CC1)c1cc(C)ccc1C. The molecule has 0 radical (unpaired) electrons. The van der Waals surface area contributed by atoms with Gasteiger partial charge in [0.1, 0.15) is 0 Å². The fourth-order valence-corrected chi connectivity index (χ4v) is 4.84. The van der Waals surface area contributed by atoms with Crippen molar-refractivity contribution >= 4 is 5.57 Å². The molecule has 0 aromatic heterocycles. The fraction of sp³-hybridized carbons (Fsp3) is 0.481. The molecule has 2 aromatic rings. The van der Waals surface area contributed by atoms with Crippen molar-refractivity contribution in [1.29, 1.82) is 0 Å². The molecule has 1 aliphatic rings. The van der Waals surface area contributed by atoms with Gasteiger partial charge in [-0.2, -0.15) is 0 Å². The first-order valence-electron chi connectivity index (χ1n) is 10.8. The lowest BCUT2D eigenvalue weighted by molar-refractivity contribution is 0.0193. The lowest BCUT2D eigenvalue weighted by Crippen LogP contribution is -2.41. The molecule has 0 aliphatic heterocycles. The third-order valence-corrected chi connectivity index (χ3v) is 7.02. The summed E-state index contributed by atoms with van der Waals surface area (Å²) in [6.07, 6.45) is 5.84. The van der Waals surface area contributed by atoms with Gasteiger partial charge in [-0.3, -0.25) is 0 Å². The van der Waals surface area contributed by atoms with Crippen molar-refractivity contribution in [3.63, 3.8) is 0 Å². The first-order valence-corrected chi connectivity index (χ1v) is 10.8. The number of hydrogen-bond donors (Lipinski definition) is 1. The number of aliphatic hydroxyl groups is 1. The monoisotopic (exact) mass is 376 g/mol. The van der Waals surface area contributed by atoms with Gasteiger partial charge in [-0.25, -0.2) is 0 Å². The summed E-state index contributed by atoms with van der Waals surface area (Å²) in [5.41, 5.74) is 7.35. The number of aryl methyl sites for hydroxylation is 2. The van der Waals surface area contributed by atoms with Crippen molar-refractivity contribution in [2.75, 3.05) is 0 Å². The Hall–Kier alpha value is -1.86. The molecule has 0 saturated heterocycles. The summed E-state index contributed by atoms with van der Waals surface area (Å²) in [5, 5.41) is 11.7. The highest BCUT2D eigenvalue weighted by molar-refractivity contribution is 5.72. The van der Waals surface area contributed by atoms with Crippen LogP contribution in [-0.4, -0.2) is 10.7 Å². The first-order chi connectivity index (χ1) is 13.3. The Morgan fingerprint density at radius 3 is 2.21 bits per heavy atom. The summed E-state index contributed by atoms with van der Waals surface area (Å²) in [5.74, 6) is 0. The van der Waals surface area contributed by atoms with Crippen molar-refractivity contribution < 1.29 is 5.11 Å². The summed E-state index contributed by atoms with van der Waals surface area (Å²) in [4.78, 5) is 0. The molecule has 1 nitrogen and oxygen atoms in total. The van der Waals surface area contributed by atoms with Crippen LogP contribution in [0.2, 0.25) is 0 Å². The molecule has 28 heavy (non-hydrogen) atoms. The number of hydrogen-bond acceptors (Lipinski definition) is 1. The molecule has 0 atom stereocenters. The summed E-state index contributed by atoms with van der Waals surface area (Å²) in [7, 11) is 0. The second kappa shape index (κ2) is 8.25. The molecule has 3 rings (SSSR count). The molecule has 0 amide bonds. The molecule has 1 aliphatic carbocycles. The van der Waals surface area contributed by atoms with Crippen LogP contribution in [0.4, 0.5) is 0 Å². The van der Waals surface area contributed by atoms with Crippen LogP contribution in [0.1, 0.15) is 81.5 Å². The van der Waals surface area contributed by atoms with E-state index in [1.807, 2.05) is 0 Å². The molecule has 1 heteroatoms. The molecule has 0 bridgehead atoms. The zero-order valence-corrected chi connectivity index (χ0v) is 18.3. The topological polar surface area (TPSA) is 20.2 Å². The largest absolute Gasteiger partial charge is 0.386 e. The number of allylic oxidation sites excluding steroid dienone is 1. The number of benzene rings is 2. The van der Waals surface area contributed by atoms with E-state index in [0.717, 1.165) is 38.5 Å². The smallest absolute Gasteiger partial charge is 0.0860 e. The maximum Gasteiger partial charge on any atom is 0.0860 e. The molecule has 0 heterocycles. The summed E-state index contributed by atoms with van der Waals surface area (Å²) in [6, 6.07) is 17.5. The molecule has 150 valence electrons. The quantitative estimate of drug-likeness (QED) is 0.588. The van der Waals surface area contributed by atoms with Crippen LogP contribution in [0.3, 0.4) is 0 Å². The predicted octanol–water partition coefficient (Wildman–Crippen LogP) is 7.14. The third-order valence-electron chi connectivity index (χ3n) is 7.02. The Bertz CT molecular complexity index is 836. The van der Waals surface area contributed by atoms with Crippen LogP contribution in [0.15, 0.2) is 54.1 Å². The molecule has 1 fully saturated rings. The van der Waals surface area contributed by atoms with Crippen LogP contribution >= 0.6 is 0 Å². The van der Waals surface area contributed by atoms with Crippen LogP contribution in [0, 0.1) is 13.8 Å². The minimum Gasteiger partial charge on any atom is -0.386 e. The normalized spacial score (nSPS) is 26.1. The Labute approximate surface area is 171 Å². The molecular formula is C27H36O. The Morgan fingerprint density at radius 2 is 1.61 bits per heavy atom. The highest BCUT2D eigenvalue weighted by Gasteiger charge is 2.41. The van der Waals surface area contributed by atoms with Crippen molar-refractivity contribution in [2.45, 2.75) is 84.2 Å². The average molecular weight is 377 g/mol. The van der Waals surface area contributed by atoms with Gasteiger partial charge < -0.3 is 5.11 Å². The van der Waals surface area contributed by atoms with Gasteiger partial charge in [0, 0.05) is 0 Å². The van der Waals surface area contributed by atoms with E-state index < -0.39 is 5.60 Å².